The average Bonchev–Trinajstić information content (AvgIpc) is 3.10. The monoisotopic (exact) mass is 375 g/mol. The lowest BCUT2D eigenvalue weighted by molar-refractivity contribution is -0.139. The number of carbonyl (C=O) groups excluding carboxylic acids is 1. The smallest absolute Gasteiger partial charge is 0.317 e. The molecule has 3 rings (SSSR count). The van der Waals surface area contributed by atoms with E-state index in [9.17, 15) is 9.59 Å². The molecular formula is C20H29N3O4. The highest BCUT2D eigenvalue weighted by Crippen LogP contribution is 2.33. The molecule has 0 radical (unpaired) electrons. The van der Waals surface area contributed by atoms with Gasteiger partial charge in [0.25, 0.3) is 0 Å². The fourth-order valence-electron chi connectivity index (χ4n) is 3.99. The molecule has 0 aromatic heterocycles. The topological polar surface area (TPSA) is 90.9 Å². The number of nitrogens with zero attached hydrogens (tertiary/aromatic N) is 1. The minimum atomic E-state index is -0.808. The van der Waals surface area contributed by atoms with Gasteiger partial charge in [-0.25, -0.2) is 4.79 Å². The third-order valence-electron chi connectivity index (χ3n) is 5.58. The van der Waals surface area contributed by atoms with Crippen LogP contribution in [0.1, 0.15) is 37.9 Å². The van der Waals surface area contributed by atoms with E-state index in [2.05, 4.69) is 22.8 Å². The van der Waals surface area contributed by atoms with Crippen molar-refractivity contribution in [2.24, 2.45) is 5.92 Å². The number of hydrogen-bond donors (Lipinski definition) is 3. The summed E-state index contributed by atoms with van der Waals surface area (Å²) in [6, 6.07) is 10.3. The molecule has 7 heteroatoms. The summed E-state index contributed by atoms with van der Waals surface area (Å²) in [5, 5.41) is 14.9. The lowest BCUT2D eigenvalue weighted by Gasteiger charge is -2.42. The Morgan fingerprint density at radius 1 is 1.26 bits per heavy atom. The van der Waals surface area contributed by atoms with Crippen LogP contribution in [0.2, 0.25) is 0 Å². The third kappa shape index (κ3) is 5.20. The average molecular weight is 375 g/mol. The molecule has 1 saturated carbocycles. The molecule has 2 atom stereocenters. The van der Waals surface area contributed by atoms with Crippen LogP contribution in [0, 0.1) is 5.92 Å². The van der Waals surface area contributed by atoms with Gasteiger partial charge in [-0.05, 0) is 31.4 Å². The van der Waals surface area contributed by atoms with Gasteiger partial charge in [0.2, 0.25) is 0 Å². The van der Waals surface area contributed by atoms with Gasteiger partial charge in [-0.2, -0.15) is 0 Å². The van der Waals surface area contributed by atoms with Crippen LogP contribution in [0.5, 0.6) is 0 Å². The first-order valence-corrected chi connectivity index (χ1v) is 9.73. The number of amides is 2. The van der Waals surface area contributed by atoms with Crippen LogP contribution in [0.15, 0.2) is 30.3 Å². The molecule has 1 saturated heterocycles. The van der Waals surface area contributed by atoms with Gasteiger partial charge in [0, 0.05) is 31.2 Å². The Hall–Kier alpha value is -2.12. The van der Waals surface area contributed by atoms with Crippen LogP contribution in [-0.4, -0.2) is 60.3 Å². The lowest BCUT2D eigenvalue weighted by atomic mass is 9.85. The summed E-state index contributed by atoms with van der Waals surface area (Å²) < 4.78 is 5.86. The van der Waals surface area contributed by atoms with E-state index in [1.807, 2.05) is 30.0 Å². The standard InChI is InChI=1S/C20H29N3O4/c1-2-23(13-18(24)25)17-10-16(11-17)22-20(26)21-12-15-8-9-27-19(15)14-6-4-3-5-7-14/h3-7,15-17,19H,2,8-13H2,1H3,(H,24,25)(H2,21,22,26). The van der Waals surface area contributed by atoms with Crippen molar-refractivity contribution in [2.45, 2.75) is 44.4 Å². The minimum absolute atomic E-state index is 0.0358. The zero-order valence-corrected chi connectivity index (χ0v) is 15.8. The second-order valence-corrected chi connectivity index (χ2v) is 7.38. The maximum atomic E-state index is 12.2. The van der Waals surface area contributed by atoms with Crippen molar-refractivity contribution < 1.29 is 19.4 Å². The number of ether oxygens (including phenoxy) is 1. The van der Waals surface area contributed by atoms with E-state index in [0.29, 0.717) is 19.7 Å². The summed E-state index contributed by atoms with van der Waals surface area (Å²) in [6.45, 7) is 4.03. The molecule has 1 aliphatic carbocycles. The van der Waals surface area contributed by atoms with E-state index < -0.39 is 5.97 Å². The van der Waals surface area contributed by atoms with Crippen LogP contribution < -0.4 is 10.6 Å². The van der Waals surface area contributed by atoms with Gasteiger partial charge < -0.3 is 20.5 Å². The minimum Gasteiger partial charge on any atom is -0.480 e. The van der Waals surface area contributed by atoms with E-state index in [-0.39, 0.29) is 36.7 Å². The number of aliphatic carboxylic acids is 1. The number of carboxylic acids is 1. The first kappa shape index (κ1) is 19.6. The van der Waals surface area contributed by atoms with Gasteiger partial charge in [0.1, 0.15) is 0 Å². The number of nitrogens with one attached hydrogen (secondary N) is 2. The maximum Gasteiger partial charge on any atom is 0.317 e. The van der Waals surface area contributed by atoms with Crippen molar-refractivity contribution in [1.29, 1.82) is 0 Å². The quantitative estimate of drug-likeness (QED) is 0.646. The molecule has 0 spiro atoms. The molecule has 1 heterocycles. The summed E-state index contributed by atoms with van der Waals surface area (Å²) in [6.07, 6.45) is 2.57. The number of hydrogen-bond acceptors (Lipinski definition) is 4. The Morgan fingerprint density at radius 3 is 2.67 bits per heavy atom. The molecule has 2 amide bonds. The van der Waals surface area contributed by atoms with Crippen LogP contribution >= 0.6 is 0 Å². The molecule has 1 aliphatic heterocycles. The highest BCUT2D eigenvalue weighted by molar-refractivity contribution is 5.74. The molecule has 0 bridgehead atoms. The molecule has 3 N–H and O–H groups in total. The van der Waals surface area contributed by atoms with Crippen molar-refractivity contribution in [3.05, 3.63) is 35.9 Å². The first-order valence-electron chi connectivity index (χ1n) is 9.73. The zero-order chi connectivity index (χ0) is 19.2. The van der Waals surface area contributed by atoms with Gasteiger partial charge in [-0.1, -0.05) is 37.3 Å². The van der Waals surface area contributed by atoms with Crippen molar-refractivity contribution in [3.63, 3.8) is 0 Å². The highest BCUT2D eigenvalue weighted by Gasteiger charge is 2.35. The predicted octanol–water partition coefficient (Wildman–Crippen LogP) is 2.00. The van der Waals surface area contributed by atoms with E-state index in [0.717, 1.165) is 24.8 Å². The summed E-state index contributed by atoms with van der Waals surface area (Å²) >= 11 is 0. The SMILES string of the molecule is CCN(CC(=O)O)C1CC(NC(=O)NCC2CCOC2c2ccccc2)C1. The number of benzene rings is 1. The van der Waals surface area contributed by atoms with Gasteiger partial charge in [0.15, 0.2) is 0 Å². The molecule has 2 aliphatic rings. The molecule has 2 unspecified atom stereocenters. The zero-order valence-electron chi connectivity index (χ0n) is 15.8. The largest absolute Gasteiger partial charge is 0.480 e. The molecule has 1 aromatic rings. The van der Waals surface area contributed by atoms with Gasteiger partial charge in [-0.15, -0.1) is 0 Å². The number of likely N-dealkylation sites (N-methyl/N-ethyl adjacent to an activating group) is 1. The van der Waals surface area contributed by atoms with E-state index in [4.69, 9.17) is 9.84 Å². The molecule has 7 nitrogen and oxygen atoms in total. The maximum absolute atomic E-state index is 12.2. The van der Waals surface area contributed by atoms with Gasteiger partial charge in [0.05, 0.1) is 12.6 Å². The summed E-state index contributed by atoms with van der Waals surface area (Å²) in [4.78, 5) is 25.0. The Morgan fingerprint density at radius 2 is 2.00 bits per heavy atom. The fraction of sp³-hybridized carbons (Fsp3) is 0.600. The molecule has 1 aromatic carbocycles. The lowest BCUT2D eigenvalue weighted by Crippen LogP contribution is -2.56. The second kappa shape index (κ2) is 9.19. The van der Waals surface area contributed by atoms with Gasteiger partial charge >= 0.3 is 12.0 Å². The summed E-state index contributed by atoms with van der Waals surface area (Å²) in [5.74, 6) is -0.531. The van der Waals surface area contributed by atoms with Crippen molar-refractivity contribution >= 4 is 12.0 Å². The number of carbonyl (C=O) groups is 2. The first-order chi connectivity index (χ1) is 13.1. The molecule has 2 fully saturated rings. The Balaban J connectivity index is 1.39. The second-order valence-electron chi connectivity index (χ2n) is 7.38. The molecule has 27 heavy (non-hydrogen) atoms. The van der Waals surface area contributed by atoms with Crippen LogP contribution in [-0.2, 0) is 9.53 Å². The fourth-order valence-corrected chi connectivity index (χ4v) is 3.99. The van der Waals surface area contributed by atoms with Crippen LogP contribution in [0.3, 0.4) is 0 Å². The van der Waals surface area contributed by atoms with Crippen molar-refractivity contribution in [1.82, 2.24) is 15.5 Å². The Bertz CT molecular complexity index is 633. The summed E-state index contributed by atoms with van der Waals surface area (Å²) in [7, 11) is 0. The molecule has 148 valence electrons. The highest BCUT2D eigenvalue weighted by atomic mass is 16.5. The van der Waals surface area contributed by atoms with Crippen LogP contribution in [0.25, 0.3) is 0 Å². The van der Waals surface area contributed by atoms with E-state index in [1.54, 1.807) is 0 Å². The normalized spacial score (nSPS) is 27.2. The number of carboxylic acid groups (broad SMARTS) is 1. The summed E-state index contributed by atoms with van der Waals surface area (Å²) in [5.41, 5.74) is 1.15. The van der Waals surface area contributed by atoms with Crippen molar-refractivity contribution in [2.75, 3.05) is 26.2 Å². The van der Waals surface area contributed by atoms with E-state index in [1.165, 1.54) is 0 Å². The van der Waals surface area contributed by atoms with Crippen molar-refractivity contribution in [3.8, 4) is 0 Å². The predicted molar refractivity (Wildman–Crippen MR) is 101 cm³/mol. The Kier molecular flexibility index (Phi) is 6.68. The van der Waals surface area contributed by atoms with Gasteiger partial charge in [-0.3, -0.25) is 9.69 Å². The van der Waals surface area contributed by atoms with E-state index >= 15 is 0 Å². The molecular weight excluding hydrogens is 346 g/mol. The van der Waals surface area contributed by atoms with Crippen LogP contribution in [0.4, 0.5) is 4.79 Å². The number of rotatable bonds is 8. The third-order valence-corrected chi connectivity index (χ3v) is 5.58. The number of urea groups is 1. The Labute approximate surface area is 160 Å².